The summed E-state index contributed by atoms with van der Waals surface area (Å²) in [6.07, 6.45) is 1.65. The summed E-state index contributed by atoms with van der Waals surface area (Å²) in [5, 5.41) is 1.17. The zero-order chi connectivity index (χ0) is 12.1. The molecule has 98 valence electrons. The third-order valence-electron chi connectivity index (χ3n) is 2.08. The lowest BCUT2D eigenvalue weighted by Crippen LogP contribution is -2.18. The molecule has 17 heavy (non-hydrogen) atoms. The summed E-state index contributed by atoms with van der Waals surface area (Å²) < 4.78 is 5.63. The number of nitrogens with two attached hydrogens (primary N) is 1. The summed E-state index contributed by atoms with van der Waals surface area (Å²) in [5.41, 5.74) is 6.75. The highest BCUT2D eigenvalue weighted by atomic mass is 35.5. The molecule has 5 heteroatoms. The summed E-state index contributed by atoms with van der Waals surface area (Å²) in [6, 6.07) is 3.61. The predicted octanol–water partition coefficient (Wildman–Crippen LogP) is 4.09. The van der Waals surface area contributed by atoms with Crippen LogP contribution >= 0.6 is 35.6 Å². The van der Waals surface area contributed by atoms with Gasteiger partial charge >= 0.3 is 0 Å². The molecule has 1 unspecified atom stereocenters. The number of hydrogen-bond donors (Lipinski definition) is 1. The number of benzene rings is 1. The largest absolute Gasteiger partial charge is 0.492 e. The maximum absolute atomic E-state index is 6.10. The van der Waals surface area contributed by atoms with Gasteiger partial charge in [-0.05, 0) is 37.5 Å². The predicted molar refractivity (Wildman–Crippen MR) is 76.8 cm³/mol. The Morgan fingerprint density at radius 2 is 2.00 bits per heavy atom. The van der Waals surface area contributed by atoms with Gasteiger partial charge in [0.05, 0.1) is 11.6 Å². The van der Waals surface area contributed by atoms with E-state index in [1.165, 1.54) is 0 Å². The molecular formula is C12H18Cl3NO. The fourth-order valence-electron chi connectivity index (χ4n) is 1.48. The Bertz CT molecular complexity index is 356. The fourth-order valence-corrected chi connectivity index (χ4v) is 2.07. The highest BCUT2D eigenvalue weighted by Gasteiger charge is 2.12. The van der Waals surface area contributed by atoms with Crippen LogP contribution in [0.25, 0.3) is 0 Å². The first-order chi connectivity index (χ1) is 7.54. The fraction of sp³-hybridized carbons (Fsp3) is 0.500. The molecule has 0 aliphatic rings. The molecule has 0 heterocycles. The van der Waals surface area contributed by atoms with Gasteiger partial charge in [0.1, 0.15) is 5.75 Å². The topological polar surface area (TPSA) is 35.2 Å². The molecule has 0 saturated carbocycles. The molecule has 0 spiro atoms. The summed E-state index contributed by atoms with van der Waals surface area (Å²) in [7, 11) is 0. The van der Waals surface area contributed by atoms with E-state index < -0.39 is 0 Å². The van der Waals surface area contributed by atoms with Gasteiger partial charge in [-0.3, -0.25) is 0 Å². The van der Waals surface area contributed by atoms with Gasteiger partial charge < -0.3 is 10.5 Å². The lowest BCUT2D eigenvalue weighted by Gasteiger charge is -2.14. The zero-order valence-electron chi connectivity index (χ0n) is 10.0. The van der Waals surface area contributed by atoms with E-state index in [1.54, 1.807) is 6.07 Å². The van der Waals surface area contributed by atoms with Crippen LogP contribution in [0.4, 0.5) is 0 Å². The number of halogens is 3. The van der Waals surface area contributed by atoms with Gasteiger partial charge in [0.15, 0.2) is 0 Å². The van der Waals surface area contributed by atoms with Crippen molar-refractivity contribution in [1.29, 1.82) is 0 Å². The molecule has 2 nitrogen and oxygen atoms in total. The Morgan fingerprint density at radius 1 is 1.35 bits per heavy atom. The second kappa shape index (κ2) is 8.04. The number of hydrogen-bond acceptors (Lipinski definition) is 2. The van der Waals surface area contributed by atoms with Crippen molar-refractivity contribution in [2.24, 2.45) is 5.73 Å². The van der Waals surface area contributed by atoms with Gasteiger partial charge in [-0.1, -0.05) is 30.1 Å². The van der Waals surface area contributed by atoms with Crippen LogP contribution in [-0.2, 0) is 6.42 Å². The zero-order valence-corrected chi connectivity index (χ0v) is 12.3. The molecule has 0 bridgehead atoms. The molecule has 0 aliphatic carbocycles. The smallest absolute Gasteiger partial charge is 0.141 e. The normalized spacial score (nSPS) is 11.8. The Labute approximate surface area is 119 Å². The Morgan fingerprint density at radius 3 is 2.53 bits per heavy atom. The lowest BCUT2D eigenvalue weighted by atomic mass is 10.1. The quantitative estimate of drug-likeness (QED) is 0.888. The number of rotatable bonds is 5. The van der Waals surface area contributed by atoms with E-state index in [0.717, 1.165) is 12.0 Å². The minimum absolute atomic E-state index is 0. The van der Waals surface area contributed by atoms with Crippen LogP contribution in [0, 0.1) is 0 Å². The molecule has 0 saturated heterocycles. The Hall–Kier alpha value is -0.150. The molecule has 0 fully saturated rings. The number of ether oxygens (including phenoxy) is 1. The van der Waals surface area contributed by atoms with Crippen molar-refractivity contribution in [2.75, 3.05) is 6.61 Å². The monoisotopic (exact) mass is 297 g/mol. The molecule has 1 atom stereocenters. The van der Waals surface area contributed by atoms with Crippen LogP contribution in [0.5, 0.6) is 5.75 Å². The molecule has 1 rings (SSSR count). The molecule has 2 N–H and O–H groups in total. The molecule has 1 aromatic carbocycles. The Kier molecular flexibility index (Phi) is 7.97. The first-order valence-corrected chi connectivity index (χ1v) is 6.16. The average Bonchev–Trinajstić information content (AvgIpc) is 2.15. The van der Waals surface area contributed by atoms with Gasteiger partial charge in [-0.2, -0.15) is 0 Å². The van der Waals surface area contributed by atoms with Crippen molar-refractivity contribution in [1.82, 2.24) is 0 Å². The van der Waals surface area contributed by atoms with Crippen molar-refractivity contribution in [3.05, 3.63) is 27.7 Å². The van der Waals surface area contributed by atoms with E-state index in [0.29, 0.717) is 28.8 Å². The van der Waals surface area contributed by atoms with Gasteiger partial charge in [0.25, 0.3) is 0 Å². The second-order valence-corrected chi connectivity index (χ2v) is 4.75. The Balaban J connectivity index is 0.00000256. The van der Waals surface area contributed by atoms with Gasteiger partial charge in [-0.15, -0.1) is 12.4 Å². The SMILES string of the molecule is CCCOc1c(Cl)cc(Cl)cc1CC(C)N.Cl. The summed E-state index contributed by atoms with van der Waals surface area (Å²) in [6.45, 7) is 4.64. The third-order valence-corrected chi connectivity index (χ3v) is 2.58. The van der Waals surface area contributed by atoms with E-state index >= 15 is 0 Å². The van der Waals surface area contributed by atoms with Gasteiger partial charge in [0, 0.05) is 11.1 Å². The molecule has 0 radical (unpaired) electrons. The first kappa shape index (κ1) is 16.9. The summed E-state index contributed by atoms with van der Waals surface area (Å²) >= 11 is 12.1. The van der Waals surface area contributed by atoms with Gasteiger partial charge in [0.2, 0.25) is 0 Å². The van der Waals surface area contributed by atoms with Gasteiger partial charge in [-0.25, -0.2) is 0 Å². The van der Waals surface area contributed by atoms with Crippen molar-refractivity contribution < 1.29 is 4.74 Å². The van der Waals surface area contributed by atoms with E-state index in [-0.39, 0.29) is 18.4 Å². The standard InChI is InChI=1S/C12H17Cl2NO.ClH/c1-3-4-16-12-9(5-8(2)15)6-10(13)7-11(12)14;/h6-8H,3-5,15H2,1-2H3;1H. The van der Waals surface area contributed by atoms with Crippen LogP contribution in [0.3, 0.4) is 0 Å². The minimum Gasteiger partial charge on any atom is -0.492 e. The van der Waals surface area contributed by atoms with Crippen molar-refractivity contribution >= 4 is 35.6 Å². The molecular weight excluding hydrogens is 280 g/mol. The minimum atomic E-state index is 0. The van der Waals surface area contributed by atoms with Crippen molar-refractivity contribution in [2.45, 2.75) is 32.7 Å². The molecule has 0 amide bonds. The maximum Gasteiger partial charge on any atom is 0.141 e. The van der Waals surface area contributed by atoms with E-state index in [2.05, 4.69) is 6.92 Å². The van der Waals surface area contributed by atoms with Crippen LogP contribution in [-0.4, -0.2) is 12.6 Å². The molecule has 0 aliphatic heterocycles. The lowest BCUT2D eigenvalue weighted by molar-refractivity contribution is 0.314. The van der Waals surface area contributed by atoms with Crippen molar-refractivity contribution in [3.8, 4) is 5.75 Å². The van der Waals surface area contributed by atoms with Crippen LogP contribution in [0.1, 0.15) is 25.8 Å². The second-order valence-electron chi connectivity index (χ2n) is 3.91. The van der Waals surface area contributed by atoms with Crippen LogP contribution in [0.2, 0.25) is 10.0 Å². The van der Waals surface area contributed by atoms with E-state index in [1.807, 2.05) is 13.0 Å². The van der Waals surface area contributed by atoms with Crippen LogP contribution < -0.4 is 10.5 Å². The highest BCUT2D eigenvalue weighted by Crippen LogP contribution is 2.33. The maximum atomic E-state index is 6.10. The third kappa shape index (κ3) is 5.35. The van der Waals surface area contributed by atoms with E-state index in [9.17, 15) is 0 Å². The molecule has 0 aromatic heterocycles. The van der Waals surface area contributed by atoms with E-state index in [4.69, 9.17) is 33.7 Å². The highest BCUT2D eigenvalue weighted by molar-refractivity contribution is 6.35. The average molecular weight is 299 g/mol. The first-order valence-electron chi connectivity index (χ1n) is 5.41. The molecule has 1 aromatic rings. The summed E-state index contributed by atoms with van der Waals surface area (Å²) in [5.74, 6) is 0.713. The van der Waals surface area contributed by atoms with Crippen LogP contribution in [0.15, 0.2) is 12.1 Å². The summed E-state index contributed by atoms with van der Waals surface area (Å²) in [4.78, 5) is 0. The van der Waals surface area contributed by atoms with Crippen molar-refractivity contribution in [3.63, 3.8) is 0 Å².